The van der Waals surface area contributed by atoms with Gasteiger partial charge in [0.05, 0.1) is 6.61 Å². The second-order valence-electron chi connectivity index (χ2n) is 9.67. The minimum absolute atomic E-state index is 0.113. The number of hydrogen-bond donors (Lipinski definition) is 3. The number of aliphatic hydroxyl groups excluding tert-OH is 1. The molecule has 39 heavy (non-hydrogen) atoms. The van der Waals surface area contributed by atoms with E-state index in [2.05, 4.69) is 15.6 Å². The Morgan fingerprint density at radius 1 is 1.08 bits per heavy atom. The molecule has 0 aliphatic carbocycles. The van der Waals surface area contributed by atoms with Crippen molar-refractivity contribution in [3.63, 3.8) is 0 Å². The van der Waals surface area contributed by atoms with Gasteiger partial charge in [-0.1, -0.05) is 6.07 Å². The van der Waals surface area contributed by atoms with Gasteiger partial charge in [0.2, 0.25) is 5.96 Å². The Bertz CT molecular complexity index is 1040. The van der Waals surface area contributed by atoms with Crippen molar-refractivity contribution in [3.05, 3.63) is 29.3 Å². The maximum Gasteiger partial charge on any atom is 0.473 e. The van der Waals surface area contributed by atoms with Gasteiger partial charge in [-0.25, -0.2) is 9.59 Å². The van der Waals surface area contributed by atoms with E-state index in [1.54, 1.807) is 45.9 Å². The molecular formula is C25H35F3N4O7. The lowest BCUT2D eigenvalue weighted by molar-refractivity contribution is -0.169. The highest BCUT2D eigenvalue weighted by Gasteiger charge is 2.39. The van der Waals surface area contributed by atoms with E-state index in [0.29, 0.717) is 30.7 Å². The molecule has 11 nitrogen and oxygen atoms in total. The lowest BCUT2D eigenvalue weighted by atomic mass is 10.1. The fraction of sp³-hybridized carbons (Fsp3) is 0.600. The van der Waals surface area contributed by atoms with Crippen molar-refractivity contribution >= 4 is 23.9 Å². The number of hydrogen-bond acceptors (Lipinski definition) is 7. The summed E-state index contributed by atoms with van der Waals surface area (Å²) in [5.74, 6) is -2.93. The average molecular weight is 561 g/mol. The van der Waals surface area contributed by atoms with Crippen molar-refractivity contribution in [3.8, 4) is 5.75 Å². The molecule has 0 fully saturated rings. The number of rotatable bonds is 10. The Hall–Kier alpha value is -3.55. The number of ether oxygens (including phenoxy) is 3. The average Bonchev–Trinajstić information content (AvgIpc) is 3.25. The molecule has 2 amide bonds. The fourth-order valence-corrected chi connectivity index (χ4v) is 3.43. The van der Waals surface area contributed by atoms with Gasteiger partial charge in [-0.05, 0) is 63.8 Å². The van der Waals surface area contributed by atoms with Crippen molar-refractivity contribution in [2.75, 3.05) is 26.3 Å². The number of unbranched alkanes of at least 4 members (excludes halogenated alkanes) is 1. The lowest BCUT2D eigenvalue weighted by Gasteiger charge is -2.21. The molecule has 0 bridgehead atoms. The van der Waals surface area contributed by atoms with E-state index in [1.165, 1.54) is 4.90 Å². The third-order valence-corrected chi connectivity index (χ3v) is 5.17. The molecule has 0 unspecified atom stereocenters. The molecule has 0 radical (unpaired) electrons. The minimum atomic E-state index is -5.13. The minimum Gasteiger partial charge on any atom is -0.490 e. The Morgan fingerprint density at radius 3 is 2.33 bits per heavy atom. The number of carbonyl (C=O) groups excluding carboxylic acids is 3. The number of alkyl carbamates (subject to hydrolysis) is 1. The fourth-order valence-electron chi connectivity index (χ4n) is 3.43. The Morgan fingerprint density at radius 2 is 1.72 bits per heavy atom. The summed E-state index contributed by atoms with van der Waals surface area (Å²) in [6.07, 6.45) is -6.19. The van der Waals surface area contributed by atoms with Gasteiger partial charge < -0.3 is 34.9 Å². The third kappa shape index (κ3) is 11.0. The normalized spacial score (nSPS) is 14.4. The number of alkyl halides is 3. The molecule has 1 aromatic carbocycles. The van der Waals surface area contributed by atoms with Crippen molar-refractivity contribution < 1.29 is 46.9 Å². The van der Waals surface area contributed by atoms with E-state index >= 15 is 0 Å². The smallest absolute Gasteiger partial charge is 0.473 e. The quantitative estimate of drug-likeness (QED) is 0.171. The van der Waals surface area contributed by atoms with Crippen LogP contribution in [0.3, 0.4) is 0 Å². The van der Waals surface area contributed by atoms with Crippen LogP contribution in [-0.4, -0.2) is 78.1 Å². The van der Waals surface area contributed by atoms with E-state index in [-0.39, 0.29) is 38.8 Å². The molecule has 3 N–H and O–H groups in total. The summed E-state index contributed by atoms with van der Waals surface area (Å²) in [5.41, 5.74) is 0.865. The largest absolute Gasteiger partial charge is 0.490 e. The molecule has 1 aromatic rings. The summed E-state index contributed by atoms with van der Waals surface area (Å²) in [7, 11) is 0. The Balaban J connectivity index is 1.96. The molecule has 1 aliphatic heterocycles. The maximum absolute atomic E-state index is 12.9. The van der Waals surface area contributed by atoms with E-state index in [4.69, 9.17) is 14.2 Å². The number of fused-ring (bicyclic) bond motifs is 1. The molecule has 1 heterocycles. The number of carbonyl (C=O) groups is 3. The van der Waals surface area contributed by atoms with Crippen LogP contribution in [0.15, 0.2) is 23.2 Å². The second-order valence-corrected chi connectivity index (χ2v) is 9.67. The van der Waals surface area contributed by atoms with Crippen LogP contribution in [-0.2, 0) is 32.2 Å². The van der Waals surface area contributed by atoms with Crippen molar-refractivity contribution in [1.82, 2.24) is 15.5 Å². The van der Waals surface area contributed by atoms with Crippen LogP contribution in [0.25, 0.3) is 0 Å². The number of aliphatic imine (C=N–C) groups is 1. The predicted molar refractivity (Wildman–Crippen MR) is 134 cm³/mol. The van der Waals surface area contributed by atoms with E-state index < -0.39 is 35.9 Å². The molecule has 1 atom stereocenters. The number of aliphatic hydroxyl groups is 1. The van der Waals surface area contributed by atoms with Gasteiger partial charge in [0.25, 0.3) is 0 Å². The number of amides is 2. The van der Waals surface area contributed by atoms with Crippen LogP contribution in [0.1, 0.15) is 51.7 Å². The first kappa shape index (κ1) is 31.7. The molecule has 1 aliphatic rings. The first-order valence-corrected chi connectivity index (χ1v) is 12.4. The van der Waals surface area contributed by atoms with Crippen LogP contribution in [0.2, 0.25) is 0 Å². The molecule has 0 saturated carbocycles. The van der Waals surface area contributed by atoms with E-state index in [1.807, 2.05) is 0 Å². The zero-order valence-electron chi connectivity index (χ0n) is 22.4. The zero-order chi connectivity index (χ0) is 29.2. The van der Waals surface area contributed by atoms with Gasteiger partial charge in [-0.3, -0.25) is 4.79 Å². The highest BCUT2D eigenvalue weighted by atomic mass is 19.4. The number of halogens is 3. The molecule has 2 rings (SSSR count). The number of esters is 1. The summed E-state index contributed by atoms with van der Waals surface area (Å²) in [6, 6.07) is 4.94. The van der Waals surface area contributed by atoms with Crippen molar-refractivity contribution in [2.45, 2.75) is 71.5 Å². The monoisotopic (exact) mass is 560 g/mol. The first-order chi connectivity index (χ1) is 18.2. The summed E-state index contributed by atoms with van der Waals surface area (Å²) in [4.78, 5) is 39.6. The van der Waals surface area contributed by atoms with Gasteiger partial charge in [0, 0.05) is 26.2 Å². The highest BCUT2D eigenvalue weighted by molar-refractivity contribution is 5.95. The standard InChI is InChI=1S/C25H35F3N4O7/c1-5-37-20(34)19(33)15-38-18-9-8-16-13-32(14-17(16)12-18)22(31-21(35)25(26,27)28)29-10-6-7-11-30-23(36)39-24(2,3)4/h8-9,12,19,33H,5-7,10-11,13-15H2,1-4H3,(H,30,36)(H,29,31,35)/t19-/m1/s1. The molecule has 14 heteroatoms. The van der Waals surface area contributed by atoms with Crippen LogP contribution in [0.5, 0.6) is 5.75 Å². The van der Waals surface area contributed by atoms with E-state index in [0.717, 1.165) is 5.56 Å². The SMILES string of the molecule is CCOC(=O)[C@H](O)COc1ccc2c(c1)CN(/C(=N\C(=O)C(F)(F)F)NCCCCNC(=O)OC(C)(C)C)C2. The summed E-state index contributed by atoms with van der Waals surface area (Å²) in [6.45, 7) is 7.43. The summed E-state index contributed by atoms with van der Waals surface area (Å²) >= 11 is 0. The van der Waals surface area contributed by atoms with Crippen LogP contribution in [0, 0.1) is 0 Å². The molecule has 218 valence electrons. The topological polar surface area (TPSA) is 139 Å². The van der Waals surface area contributed by atoms with Gasteiger partial charge in [0.1, 0.15) is 18.0 Å². The number of benzene rings is 1. The van der Waals surface area contributed by atoms with Gasteiger partial charge in [-0.15, -0.1) is 0 Å². The Kier molecular flexibility index (Phi) is 11.4. The molecular weight excluding hydrogens is 525 g/mol. The van der Waals surface area contributed by atoms with Crippen molar-refractivity contribution in [2.24, 2.45) is 4.99 Å². The molecule has 0 aromatic heterocycles. The molecule has 0 spiro atoms. The number of guanidine groups is 1. The van der Waals surface area contributed by atoms with Crippen LogP contribution < -0.4 is 15.4 Å². The van der Waals surface area contributed by atoms with Crippen molar-refractivity contribution in [1.29, 1.82) is 0 Å². The van der Waals surface area contributed by atoms with Crippen LogP contribution in [0.4, 0.5) is 18.0 Å². The van der Waals surface area contributed by atoms with E-state index in [9.17, 15) is 32.7 Å². The summed E-state index contributed by atoms with van der Waals surface area (Å²) < 4.78 is 54.1. The second kappa shape index (κ2) is 14.0. The third-order valence-electron chi connectivity index (χ3n) is 5.17. The zero-order valence-corrected chi connectivity index (χ0v) is 22.4. The number of nitrogens with zero attached hydrogens (tertiary/aromatic N) is 2. The van der Waals surface area contributed by atoms with Gasteiger partial charge in [-0.2, -0.15) is 18.2 Å². The number of nitrogens with one attached hydrogen (secondary N) is 2. The van der Waals surface area contributed by atoms with Gasteiger partial charge in [0.15, 0.2) is 6.10 Å². The predicted octanol–water partition coefficient (Wildman–Crippen LogP) is 2.64. The lowest BCUT2D eigenvalue weighted by Crippen LogP contribution is -2.40. The summed E-state index contributed by atoms with van der Waals surface area (Å²) in [5, 5.41) is 15.2. The van der Waals surface area contributed by atoms with Gasteiger partial charge >= 0.3 is 24.1 Å². The molecule has 0 saturated heterocycles. The first-order valence-electron chi connectivity index (χ1n) is 12.4. The maximum atomic E-state index is 12.9. The van der Waals surface area contributed by atoms with Crippen LogP contribution >= 0.6 is 0 Å². The Labute approximate surface area is 224 Å². The highest BCUT2D eigenvalue weighted by Crippen LogP contribution is 2.27.